The molecule has 0 fully saturated rings. The maximum atomic E-state index is 12.2. The first-order chi connectivity index (χ1) is 12.3. The second-order valence-electron chi connectivity index (χ2n) is 5.14. The molecule has 0 bridgehead atoms. The monoisotopic (exact) mass is 377 g/mol. The van der Waals surface area contributed by atoms with Gasteiger partial charge in [-0.2, -0.15) is 13.5 Å². The van der Waals surface area contributed by atoms with Gasteiger partial charge in [-0.3, -0.25) is 10.1 Å². The molecule has 0 saturated carbocycles. The van der Waals surface area contributed by atoms with E-state index in [1.165, 1.54) is 32.2 Å². The van der Waals surface area contributed by atoms with Gasteiger partial charge < -0.3 is 4.74 Å². The molecule has 1 N–H and O–H groups in total. The van der Waals surface area contributed by atoms with Gasteiger partial charge in [-0.15, -0.1) is 0 Å². The number of sulfonamides is 1. The molecule has 0 amide bonds. The van der Waals surface area contributed by atoms with E-state index in [2.05, 4.69) is 9.84 Å². The molecule has 2 rings (SSSR count). The Morgan fingerprint density at radius 1 is 1.27 bits per heavy atom. The van der Waals surface area contributed by atoms with Crippen LogP contribution in [0.5, 0.6) is 0 Å². The van der Waals surface area contributed by atoms with Crippen LogP contribution in [-0.2, 0) is 14.8 Å². The van der Waals surface area contributed by atoms with Crippen LogP contribution < -0.4 is 4.83 Å². The lowest BCUT2D eigenvalue weighted by molar-refractivity contribution is -0.385. The van der Waals surface area contributed by atoms with Crippen molar-refractivity contribution < 1.29 is 22.9 Å². The molecule has 0 unspecified atom stereocenters. The number of methoxy groups -OCH3 is 1. The summed E-state index contributed by atoms with van der Waals surface area (Å²) in [7, 11) is -2.88. The number of nitrogens with zero attached hydrogens (tertiary/aromatic N) is 2. The molecule has 0 atom stereocenters. The minimum absolute atomic E-state index is 0.212. The third-order valence-corrected chi connectivity index (χ3v) is 4.65. The number of nitro benzene ring substituents is 1. The van der Waals surface area contributed by atoms with E-state index in [0.717, 1.165) is 12.3 Å². The summed E-state index contributed by atoms with van der Waals surface area (Å²) in [6, 6.07) is 9.86. The van der Waals surface area contributed by atoms with Gasteiger partial charge >= 0.3 is 5.97 Å². The zero-order valence-electron chi connectivity index (χ0n) is 13.9. The van der Waals surface area contributed by atoms with Gasteiger partial charge in [0.15, 0.2) is 0 Å². The van der Waals surface area contributed by atoms with Gasteiger partial charge in [0.1, 0.15) is 0 Å². The number of nitro groups is 1. The van der Waals surface area contributed by atoms with E-state index < -0.39 is 20.9 Å². The number of nitrogens with one attached hydrogen (secondary N) is 1. The van der Waals surface area contributed by atoms with E-state index in [4.69, 9.17) is 0 Å². The maximum absolute atomic E-state index is 12.2. The van der Waals surface area contributed by atoms with Gasteiger partial charge in [0.2, 0.25) is 0 Å². The summed E-state index contributed by atoms with van der Waals surface area (Å²) < 4.78 is 29.1. The van der Waals surface area contributed by atoms with Crippen molar-refractivity contribution in [2.24, 2.45) is 5.10 Å². The first kappa shape index (κ1) is 19.1. The molecule has 0 spiro atoms. The molecule has 2 aromatic carbocycles. The number of benzene rings is 2. The highest BCUT2D eigenvalue weighted by molar-refractivity contribution is 7.89. The summed E-state index contributed by atoms with van der Waals surface area (Å²) in [6.07, 6.45) is 1.15. The van der Waals surface area contributed by atoms with Crippen molar-refractivity contribution in [2.45, 2.75) is 11.8 Å². The maximum Gasteiger partial charge on any atom is 0.338 e. The quantitative estimate of drug-likeness (QED) is 0.355. The molecular formula is C16H15N3O6S. The van der Waals surface area contributed by atoms with Crippen molar-refractivity contribution in [3.8, 4) is 0 Å². The van der Waals surface area contributed by atoms with Crippen molar-refractivity contribution in [2.75, 3.05) is 7.11 Å². The highest BCUT2D eigenvalue weighted by Crippen LogP contribution is 2.22. The second kappa shape index (κ2) is 7.74. The fourth-order valence-electron chi connectivity index (χ4n) is 2.08. The van der Waals surface area contributed by atoms with Crippen molar-refractivity contribution in [3.05, 3.63) is 69.3 Å². The average Bonchev–Trinajstić information content (AvgIpc) is 2.61. The number of aryl methyl sites for hydroxylation is 1. The summed E-state index contributed by atoms with van der Waals surface area (Å²) in [5, 5.41) is 14.6. The second-order valence-corrected chi connectivity index (χ2v) is 6.80. The number of hydrazone groups is 1. The van der Waals surface area contributed by atoms with Gasteiger partial charge in [0, 0.05) is 17.2 Å². The first-order valence-corrected chi connectivity index (χ1v) is 8.72. The smallest absolute Gasteiger partial charge is 0.338 e. The van der Waals surface area contributed by atoms with Crippen molar-refractivity contribution in [3.63, 3.8) is 0 Å². The molecule has 0 saturated heterocycles. The van der Waals surface area contributed by atoms with Crippen LogP contribution in [0.1, 0.15) is 21.5 Å². The Labute approximate surface area is 149 Å². The minimum Gasteiger partial charge on any atom is -0.465 e. The molecule has 0 aliphatic rings. The molecule has 10 heteroatoms. The van der Waals surface area contributed by atoms with Gasteiger partial charge in [-0.05, 0) is 19.1 Å². The number of rotatable bonds is 6. The zero-order valence-corrected chi connectivity index (χ0v) is 14.7. The predicted molar refractivity (Wildman–Crippen MR) is 93.5 cm³/mol. The summed E-state index contributed by atoms with van der Waals surface area (Å²) in [5.41, 5.74) is 0.582. The van der Waals surface area contributed by atoms with Gasteiger partial charge in [0.25, 0.3) is 15.7 Å². The summed E-state index contributed by atoms with van der Waals surface area (Å²) in [5.74, 6) is -0.593. The third-order valence-electron chi connectivity index (χ3n) is 3.43. The van der Waals surface area contributed by atoms with Crippen molar-refractivity contribution >= 4 is 27.9 Å². The molecule has 136 valence electrons. The van der Waals surface area contributed by atoms with E-state index >= 15 is 0 Å². The molecule has 2 aromatic rings. The zero-order chi connectivity index (χ0) is 19.3. The van der Waals surface area contributed by atoms with Crippen LogP contribution in [0.25, 0.3) is 0 Å². The van der Waals surface area contributed by atoms with Crippen LogP contribution in [0.3, 0.4) is 0 Å². The lowest BCUT2D eigenvalue weighted by Gasteiger charge is -2.05. The van der Waals surface area contributed by atoms with Gasteiger partial charge in [-0.25, -0.2) is 9.63 Å². The molecule has 0 aliphatic heterocycles. The number of ether oxygens (including phenoxy) is 1. The van der Waals surface area contributed by atoms with Crippen LogP contribution in [0.15, 0.2) is 52.5 Å². The van der Waals surface area contributed by atoms with E-state index in [1.807, 2.05) is 4.83 Å². The Kier molecular flexibility index (Phi) is 5.68. The molecule has 0 radical (unpaired) electrons. The van der Waals surface area contributed by atoms with Gasteiger partial charge in [0.05, 0.1) is 28.7 Å². The topological polar surface area (TPSA) is 128 Å². The largest absolute Gasteiger partial charge is 0.465 e. The van der Waals surface area contributed by atoms with Crippen LogP contribution in [0.4, 0.5) is 5.69 Å². The van der Waals surface area contributed by atoms with Crippen LogP contribution >= 0.6 is 0 Å². The van der Waals surface area contributed by atoms with Crippen molar-refractivity contribution in [1.29, 1.82) is 0 Å². The van der Waals surface area contributed by atoms with Crippen LogP contribution in [0.2, 0.25) is 0 Å². The number of esters is 1. The highest BCUT2D eigenvalue weighted by atomic mass is 32.2. The standard InChI is InChI=1S/C16H15N3O6S/c1-11-7-8-13(9-15(11)19(21)22)26(23,24)18-17-10-12-5-3-4-6-14(12)16(20)25-2/h3-10,18H,1-2H3/b17-10-. The van der Waals surface area contributed by atoms with E-state index in [9.17, 15) is 23.3 Å². The SMILES string of the molecule is COC(=O)c1ccccc1/C=N\NS(=O)(=O)c1ccc(C)c([N+](=O)[O-])c1. The molecule has 0 aromatic heterocycles. The molecule has 26 heavy (non-hydrogen) atoms. The summed E-state index contributed by atoms with van der Waals surface area (Å²) in [4.78, 5) is 23.6. The van der Waals surface area contributed by atoms with E-state index in [1.54, 1.807) is 18.2 Å². The Morgan fingerprint density at radius 2 is 1.96 bits per heavy atom. The fraction of sp³-hybridized carbons (Fsp3) is 0.125. The average molecular weight is 377 g/mol. The number of hydrogen-bond donors (Lipinski definition) is 1. The van der Waals surface area contributed by atoms with Crippen LogP contribution in [0, 0.1) is 17.0 Å². The predicted octanol–water partition coefficient (Wildman–Crippen LogP) is 2.00. The Hall–Kier alpha value is -3.27. The molecule has 9 nitrogen and oxygen atoms in total. The lowest BCUT2D eigenvalue weighted by Crippen LogP contribution is -2.19. The number of carbonyl (C=O) groups excluding carboxylic acids is 1. The van der Waals surface area contributed by atoms with E-state index in [0.29, 0.717) is 11.1 Å². The van der Waals surface area contributed by atoms with Crippen molar-refractivity contribution in [1.82, 2.24) is 4.83 Å². The summed E-state index contributed by atoms with van der Waals surface area (Å²) in [6.45, 7) is 1.50. The third kappa shape index (κ3) is 4.22. The Balaban J connectivity index is 2.27. The Morgan fingerprint density at radius 3 is 2.62 bits per heavy atom. The van der Waals surface area contributed by atoms with Crippen LogP contribution in [-0.4, -0.2) is 32.6 Å². The summed E-state index contributed by atoms with van der Waals surface area (Å²) >= 11 is 0. The normalized spacial score (nSPS) is 11.3. The number of carbonyl (C=O) groups is 1. The molecule has 0 aliphatic carbocycles. The van der Waals surface area contributed by atoms with E-state index in [-0.39, 0.29) is 16.1 Å². The Bertz CT molecular complexity index is 985. The minimum atomic E-state index is -4.11. The highest BCUT2D eigenvalue weighted by Gasteiger charge is 2.19. The first-order valence-electron chi connectivity index (χ1n) is 7.23. The molecule has 0 heterocycles. The number of hydrogen-bond acceptors (Lipinski definition) is 7. The molecular weight excluding hydrogens is 362 g/mol. The lowest BCUT2D eigenvalue weighted by atomic mass is 10.1. The van der Waals surface area contributed by atoms with Gasteiger partial charge in [-0.1, -0.05) is 24.3 Å². The fourth-order valence-corrected chi connectivity index (χ4v) is 2.89.